The summed E-state index contributed by atoms with van der Waals surface area (Å²) in [4.78, 5) is 4.26. The number of ether oxygens (including phenoxy) is 2. The number of aromatic nitrogens is 2. The van der Waals surface area contributed by atoms with Crippen molar-refractivity contribution in [3.63, 3.8) is 0 Å². The molecule has 7 nitrogen and oxygen atoms in total. The highest BCUT2D eigenvalue weighted by Gasteiger charge is 2.05. The van der Waals surface area contributed by atoms with E-state index in [2.05, 4.69) is 26.9 Å². The van der Waals surface area contributed by atoms with E-state index >= 15 is 0 Å². The minimum Gasteiger partial charge on any atom is -0.493 e. The van der Waals surface area contributed by atoms with Crippen LogP contribution in [0.15, 0.2) is 35.6 Å². The lowest BCUT2D eigenvalue weighted by Gasteiger charge is -2.13. The van der Waals surface area contributed by atoms with Gasteiger partial charge >= 0.3 is 0 Å². The Morgan fingerprint density at radius 1 is 1.07 bits per heavy atom. The van der Waals surface area contributed by atoms with E-state index in [1.54, 1.807) is 21.3 Å². The van der Waals surface area contributed by atoms with Gasteiger partial charge in [-0.2, -0.15) is 5.10 Å². The van der Waals surface area contributed by atoms with E-state index in [9.17, 15) is 0 Å². The van der Waals surface area contributed by atoms with Crippen LogP contribution in [-0.4, -0.2) is 50.1 Å². The SMILES string of the molecule is CN=C(NCCCc1cnn(C)c1)NCCc1ccc(OC)c(OC)c1.I. The molecule has 150 valence electrons. The predicted octanol–water partition coefficient (Wildman–Crippen LogP) is 2.40. The van der Waals surface area contributed by atoms with Crippen molar-refractivity contribution in [2.24, 2.45) is 12.0 Å². The zero-order valence-corrected chi connectivity index (χ0v) is 18.8. The topological polar surface area (TPSA) is 72.7 Å². The van der Waals surface area contributed by atoms with Gasteiger partial charge < -0.3 is 20.1 Å². The number of nitrogens with zero attached hydrogens (tertiary/aromatic N) is 3. The molecule has 1 aromatic heterocycles. The molecule has 2 N–H and O–H groups in total. The number of aliphatic imine (C=N–C) groups is 1. The minimum atomic E-state index is 0. The summed E-state index contributed by atoms with van der Waals surface area (Å²) in [6, 6.07) is 5.98. The summed E-state index contributed by atoms with van der Waals surface area (Å²) in [6.07, 6.45) is 6.87. The number of nitrogens with one attached hydrogen (secondary N) is 2. The Bertz CT molecular complexity index is 718. The molecule has 0 fully saturated rings. The molecule has 0 aliphatic heterocycles. The van der Waals surface area contributed by atoms with Crippen LogP contribution in [0.5, 0.6) is 11.5 Å². The number of halogens is 1. The Hall–Kier alpha value is -1.97. The standard InChI is InChI=1S/C19H29N5O2.HI/c1-20-19(21-10-5-6-16-13-23-24(2)14-16)22-11-9-15-7-8-17(25-3)18(12-15)26-4;/h7-8,12-14H,5-6,9-11H2,1-4H3,(H2,20,21,22);1H. The number of hydrogen-bond donors (Lipinski definition) is 2. The largest absolute Gasteiger partial charge is 0.493 e. The molecular formula is C19H30IN5O2. The maximum Gasteiger partial charge on any atom is 0.190 e. The summed E-state index contributed by atoms with van der Waals surface area (Å²) in [6.45, 7) is 1.66. The van der Waals surface area contributed by atoms with E-state index in [0.717, 1.165) is 49.8 Å². The average Bonchev–Trinajstić information content (AvgIpc) is 3.08. The molecule has 0 atom stereocenters. The third kappa shape index (κ3) is 7.66. The zero-order valence-electron chi connectivity index (χ0n) is 16.5. The molecule has 8 heteroatoms. The van der Waals surface area contributed by atoms with Gasteiger partial charge in [0.25, 0.3) is 0 Å². The summed E-state index contributed by atoms with van der Waals surface area (Å²) in [5.74, 6) is 2.31. The Kier molecular flexibility index (Phi) is 10.6. The van der Waals surface area contributed by atoms with Crippen LogP contribution in [0.25, 0.3) is 0 Å². The van der Waals surface area contributed by atoms with Crippen LogP contribution >= 0.6 is 24.0 Å². The van der Waals surface area contributed by atoms with Crippen LogP contribution in [0.1, 0.15) is 17.5 Å². The van der Waals surface area contributed by atoms with E-state index in [1.807, 2.05) is 36.1 Å². The average molecular weight is 487 g/mol. The van der Waals surface area contributed by atoms with Crippen LogP contribution in [-0.2, 0) is 19.9 Å². The summed E-state index contributed by atoms with van der Waals surface area (Å²) in [7, 11) is 7.01. The number of methoxy groups -OCH3 is 2. The maximum absolute atomic E-state index is 5.34. The molecule has 0 bridgehead atoms. The summed E-state index contributed by atoms with van der Waals surface area (Å²) >= 11 is 0. The summed E-state index contributed by atoms with van der Waals surface area (Å²) in [5, 5.41) is 10.9. The third-order valence-corrected chi connectivity index (χ3v) is 4.07. The summed E-state index contributed by atoms with van der Waals surface area (Å²) < 4.78 is 12.4. The van der Waals surface area contributed by atoms with Crippen molar-refractivity contribution in [2.45, 2.75) is 19.3 Å². The number of hydrogen-bond acceptors (Lipinski definition) is 4. The molecule has 0 amide bonds. The fraction of sp³-hybridized carbons (Fsp3) is 0.474. The first-order valence-corrected chi connectivity index (χ1v) is 8.79. The molecule has 2 aromatic rings. The van der Waals surface area contributed by atoms with Crippen LogP contribution in [0.4, 0.5) is 0 Å². The highest BCUT2D eigenvalue weighted by atomic mass is 127. The lowest BCUT2D eigenvalue weighted by Crippen LogP contribution is -2.38. The predicted molar refractivity (Wildman–Crippen MR) is 120 cm³/mol. The zero-order chi connectivity index (χ0) is 18.8. The first-order valence-electron chi connectivity index (χ1n) is 8.79. The molecule has 1 heterocycles. The molecule has 0 aliphatic carbocycles. The van der Waals surface area contributed by atoms with E-state index in [-0.39, 0.29) is 24.0 Å². The Labute approximate surface area is 178 Å². The first kappa shape index (κ1) is 23.1. The molecule has 0 saturated heterocycles. The summed E-state index contributed by atoms with van der Waals surface area (Å²) in [5.41, 5.74) is 2.44. The lowest BCUT2D eigenvalue weighted by molar-refractivity contribution is 0.354. The van der Waals surface area contributed by atoms with E-state index < -0.39 is 0 Å². The first-order chi connectivity index (χ1) is 12.7. The number of guanidine groups is 1. The molecule has 0 spiro atoms. The van der Waals surface area contributed by atoms with Crippen LogP contribution in [0.2, 0.25) is 0 Å². The van der Waals surface area contributed by atoms with Crippen LogP contribution < -0.4 is 20.1 Å². The van der Waals surface area contributed by atoms with Crippen molar-refractivity contribution in [2.75, 3.05) is 34.4 Å². The van der Waals surface area contributed by atoms with Crippen molar-refractivity contribution in [1.29, 1.82) is 0 Å². The quantitative estimate of drug-likeness (QED) is 0.246. The van der Waals surface area contributed by atoms with Gasteiger partial charge in [0.1, 0.15) is 0 Å². The molecule has 0 aliphatic rings. The number of benzene rings is 1. The second-order valence-corrected chi connectivity index (χ2v) is 5.99. The Balaban J connectivity index is 0.00000364. The van der Waals surface area contributed by atoms with Crippen LogP contribution in [0.3, 0.4) is 0 Å². The van der Waals surface area contributed by atoms with E-state index in [1.165, 1.54) is 11.1 Å². The Morgan fingerprint density at radius 2 is 1.81 bits per heavy atom. The Morgan fingerprint density at radius 3 is 2.44 bits per heavy atom. The molecule has 0 saturated carbocycles. The maximum atomic E-state index is 5.34. The highest BCUT2D eigenvalue weighted by molar-refractivity contribution is 14.0. The van der Waals surface area contributed by atoms with Crippen molar-refractivity contribution in [3.8, 4) is 11.5 Å². The van der Waals surface area contributed by atoms with Gasteiger partial charge in [0, 0.05) is 33.4 Å². The molecule has 2 rings (SSSR count). The van der Waals surface area contributed by atoms with E-state index in [4.69, 9.17) is 9.47 Å². The van der Waals surface area contributed by atoms with E-state index in [0.29, 0.717) is 0 Å². The van der Waals surface area contributed by atoms with Gasteiger partial charge in [0.15, 0.2) is 17.5 Å². The molecular weight excluding hydrogens is 457 g/mol. The second-order valence-electron chi connectivity index (χ2n) is 5.99. The van der Waals surface area contributed by atoms with Crippen molar-refractivity contribution in [1.82, 2.24) is 20.4 Å². The van der Waals surface area contributed by atoms with Gasteiger partial charge in [-0.1, -0.05) is 6.07 Å². The monoisotopic (exact) mass is 487 g/mol. The molecule has 0 radical (unpaired) electrons. The van der Waals surface area contributed by atoms with Crippen molar-refractivity contribution < 1.29 is 9.47 Å². The van der Waals surface area contributed by atoms with Gasteiger partial charge in [-0.15, -0.1) is 24.0 Å². The lowest BCUT2D eigenvalue weighted by atomic mass is 10.1. The fourth-order valence-electron chi connectivity index (χ4n) is 2.68. The molecule has 0 unspecified atom stereocenters. The fourth-order valence-corrected chi connectivity index (χ4v) is 2.68. The van der Waals surface area contributed by atoms with Gasteiger partial charge in [0.05, 0.1) is 20.4 Å². The smallest absolute Gasteiger partial charge is 0.190 e. The minimum absolute atomic E-state index is 0. The number of rotatable bonds is 9. The molecule has 1 aromatic carbocycles. The normalized spacial score (nSPS) is 10.9. The van der Waals surface area contributed by atoms with Gasteiger partial charge in [-0.3, -0.25) is 9.67 Å². The third-order valence-electron chi connectivity index (χ3n) is 4.07. The van der Waals surface area contributed by atoms with Crippen molar-refractivity contribution in [3.05, 3.63) is 41.7 Å². The van der Waals surface area contributed by atoms with Crippen molar-refractivity contribution >= 4 is 29.9 Å². The number of aryl methyl sites for hydroxylation is 2. The van der Waals surface area contributed by atoms with Gasteiger partial charge in [-0.25, -0.2) is 0 Å². The second kappa shape index (κ2) is 12.4. The van der Waals surface area contributed by atoms with Crippen LogP contribution in [0, 0.1) is 0 Å². The highest BCUT2D eigenvalue weighted by Crippen LogP contribution is 2.27. The molecule has 27 heavy (non-hydrogen) atoms. The van der Waals surface area contributed by atoms with Gasteiger partial charge in [-0.05, 0) is 42.5 Å². The van der Waals surface area contributed by atoms with Gasteiger partial charge in [0.2, 0.25) is 0 Å².